The van der Waals surface area contributed by atoms with E-state index in [9.17, 15) is 4.79 Å². The average molecular weight is 452 g/mol. The lowest BCUT2D eigenvalue weighted by Crippen LogP contribution is -2.09. The predicted molar refractivity (Wildman–Crippen MR) is 129 cm³/mol. The van der Waals surface area contributed by atoms with Crippen LogP contribution in [-0.4, -0.2) is 21.6 Å². The quantitative estimate of drug-likeness (QED) is 0.273. The van der Waals surface area contributed by atoms with Crippen LogP contribution < -0.4 is 10.2 Å². The molecule has 0 amide bonds. The van der Waals surface area contributed by atoms with Gasteiger partial charge in [-0.15, -0.1) is 11.3 Å². The molecule has 0 aliphatic rings. The molecule has 0 bridgehead atoms. The number of thioether (sulfide) groups is 1. The Hall–Kier alpha value is -2.64. The van der Waals surface area contributed by atoms with Crippen molar-refractivity contribution in [2.75, 3.05) is 6.61 Å². The Morgan fingerprint density at radius 3 is 2.71 bits per heavy atom. The van der Waals surface area contributed by atoms with E-state index in [1.165, 1.54) is 27.1 Å². The van der Waals surface area contributed by atoms with Gasteiger partial charge in [0, 0.05) is 34.2 Å². The smallest absolute Gasteiger partial charge is 0.223 e. The Labute approximate surface area is 189 Å². The highest BCUT2D eigenvalue weighted by Crippen LogP contribution is 2.42. The maximum absolute atomic E-state index is 12.3. The van der Waals surface area contributed by atoms with Gasteiger partial charge in [0.25, 0.3) is 0 Å². The molecule has 1 N–H and O–H groups in total. The second-order valence-electron chi connectivity index (χ2n) is 7.52. The molecule has 0 radical (unpaired) electrons. The number of rotatable bonds is 7. The molecule has 0 aliphatic carbocycles. The van der Waals surface area contributed by atoms with Crippen LogP contribution in [0.4, 0.5) is 0 Å². The van der Waals surface area contributed by atoms with Gasteiger partial charge >= 0.3 is 0 Å². The number of aryl methyl sites for hydroxylation is 3. The van der Waals surface area contributed by atoms with Crippen LogP contribution in [0.25, 0.3) is 21.3 Å². The first kappa shape index (κ1) is 21.6. The first-order valence-corrected chi connectivity index (χ1v) is 12.1. The summed E-state index contributed by atoms with van der Waals surface area (Å²) in [5.41, 5.74) is 5.67. The minimum atomic E-state index is -0.0992. The van der Waals surface area contributed by atoms with Crippen LogP contribution in [0.2, 0.25) is 0 Å². The van der Waals surface area contributed by atoms with Crippen LogP contribution in [0.1, 0.15) is 35.0 Å². The molecule has 0 unspecified atom stereocenters. The number of pyridine rings is 1. The summed E-state index contributed by atoms with van der Waals surface area (Å²) in [5, 5.41) is 2.01. The third kappa shape index (κ3) is 4.52. The van der Waals surface area contributed by atoms with Crippen molar-refractivity contribution >= 4 is 33.3 Å². The van der Waals surface area contributed by atoms with Gasteiger partial charge in [-0.25, -0.2) is 9.97 Å². The summed E-state index contributed by atoms with van der Waals surface area (Å²) in [5.74, 6) is 0.974. The normalized spacial score (nSPS) is 11.2. The molecule has 3 heterocycles. The molecule has 4 rings (SSSR count). The Balaban J connectivity index is 1.66. The van der Waals surface area contributed by atoms with Crippen molar-refractivity contribution in [3.05, 3.63) is 68.7 Å². The number of thiophene rings is 1. The highest BCUT2D eigenvalue weighted by atomic mass is 32.2. The topological polar surface area (TPSA) is 67.9 Å². The fourth-order valence-corrected chi connectivity index (χ4v) is 5.43. The Morgan fingerprint density at radius 2 is 1.97 bits per heavy atom. The summed E-state index contributed by atoms with van der Waals surface area (Å²) in [6.07, 6.45) is 4.14. The van der Waals surface area contributed by atoms with Crippen LogP contribution in [0, 0.1) is 20.8 Å². The molecule has 4 aromatic rings. The lowest BCUT2D eigenvalue weighted by atomic mass is 9.99. The van der Waals surface area contributed by atoms with Crippen molar-refractivity contribution < 1.29 is 4.74 Å². The van der Waals surface area contributed by atoms with Crippen LogP contribution in [0.5, 0.6) is 5.75 Å². The zero-order valence-corrected chi connectivity index (χ0v) is 19.7. The van der Waals surface area contributed by atoms with Crippen molar-refractivity contribution in [3.63, 3.8) is 0 Å². The summed E-state index contributed by atoms with van der Waals surface area (Å²) >= 11 is 3.30. The van der Waals surface area contributed by atoms with Crippen molar-refractivity contribution in [1.82, 2.24) is 15.0 Å². The molecule has 0 atom stereocenters. The molecule has 3 aromatic heterocycles. The molecule has 0 saturated heterocycles. The number of aromatic nitrogens is 3. The van der Waals surface area contributed by atoms with E-state index in [1.807, 2.05) is 6.92 Å². The first-order valence-electron chi connectivity index (χ1n) is 10.3. The number of benzene rings is 1. The summed E-state index contributed by atoms with van der Waals surface area (Å²) in [7, 11) is 0. The zero-order valence-electron chi connectivity index (χ0n) is 18.1. The largest absolute Gasteiger partial charge is 0.488 e. The summed E-state index contributed by atoms with van der Waals surface area (Å²) in [6, 6.07) is 8.18. The molecule has 5 nitrogen and oxygen atoms in total. The van der Waals surface area contributed by atoms with Gasteiger partial charge in [-0.2, -0.15) is 0 Å². The number of fused-ring (bicyclic) bond motifs is 1. The van der Waals surface area contributed by atoms with Crippen LogP contribution in [0.3, 0.4) is 0 Å². The Bertz CT molecular complexity index is 1290. The molecule has 1 aromatic carbocycles. The van der Waals surface area contributed by atoms with E-state index in [0.717, 1.165) is 27.4 Å². The lowest BCUT2D eigenvalue weighted by Gasteiger charge is -2.09. The molecular weight excluding hydrogens is 426 g/mol. The van der Waals surface area contributed by atoms with Gasteiger partial charge in [-0.3, -0.25) is 4.79 Å². The Morgan fingerprint density at radius 1 is 1.13 bits per heavy atom. The number of hydrogen-bond donors (Lipinski definition) is 1. The molecule has 160 valence electrons. The van der Waals surface area contributed by atoms with E-state index in [1.54, 1.807) is 41.7 Å². The summed E-state index contributed by atoms with van der Waals surface area (Å²) < 4.78 is 5.48. The van der Waals surface area contributed by atoms with Gasteiger partial charge in [0.1, 0.15) is 16.2 Å². The lowest BCUT2D eigenvalue weighted by molar-refractivity contribution is 0.313. The third-order valence-electron chi connectivity index (χ3n) is 5.19. The number of H-pyrrole nitrogens is 1. The maximum atomic E-state index is 12.3. The summed E-state index contributed by atoms with van der Waals surface area (Å²) in [4.78, 5) is 26.8. The summed E-state index contributed by atoms with van der Waals surface area (Å²) in [6.45, 7) is 8.95. The number of nitrogens with zero attached hydrogens (tertiary/aromatic N) is 2. The van der Waals surface area contributed by atoms with Crippen molar-refractivity contribution in [2.24, 2.45) is 0 Å². The average Bonchev–Trinajstić information content (AvgIpc) is 3.10. The van der Waals surface area contributed by atoms with Crippen molar-refractivity contribution in [3.8, 4) is 16.9 Å². The highest BCUT2D eigenvalue weighted by Gasteiger charge is 2.17. The van der Waals surface area contributed by atoms with Gasteiger partial charge in [0.15, 0.2) is 5.75 Å². The van der Waals surface area contributed by atoms with Crippen molar-refractivity contribution in [1.29, 1.82) is 0 Å². The van der Waals surface area contributed by atoms with Gasteiger partial charge < -0.3 is 9.72 Å². The monoisotopic (exact) mass is 451 g/mol. The van der Waals surface area contributed by atoms with Gasteiger partial charge in [0.2, 0.25) is 5.43 Å². The van der Waals surface area contributed by atoms with Gasteiger partial charge in [0.05, 0.1) is 12.0 Å². The third-order valence-corrected chi connectivity index (χ3v) is 7.24. The van der Waals surface area contributed by atoms with E-state index in [-0.39, 0.29) is 5.43 Å². The molecule has 7 heteroatoms. The number of hydrogen-bond acceptors (Lipinski definition) is 6. The molecule has 31 heavy (non-hydrogen) atoms. The molecular formula is C24H25N3O2S2. The SMILES string of the molecule is CCCOc1c[nH]c(CSc2ncnc3sc(C)c(-c4ccc(C)c(C)c4)c23)cc1=O. The number of ether oxygens (including phenoxy) is 1. The van der Waals surface area contributed by atoms with E-state index in [4.69, 9.17) is 4.74 Å². The second-order valence-corrected chi connectivity index (χ2v) is 9.68. The van der Waals surface area contributed by atoms with Crippen molar-refractivity contribution in [2.45, 2.75) is 44.9 Å². The van der Waals surface area contributed by atoms with E-state index >= 15 is 0 Å². The minimum Gasteiger partial charge on any atom is -0.488 e. The fourth-order valence-electron chi connectivity index (χ4n) is 3.43. The molecule has 0 saturated carbocycles. The highest BCUT2D eigenvalue weighted by molar-refractivity contribution is 7.98. The van der Waals surface area contributed by atoms with E-state index < -0.39 is 0 Å². The van der Waals surface area contributed by atoms with E-state index in [2.05, 4.69) is 53.9 Å². The Kier molecular flexibility index (Phi) is 6.43. The molecule has 0 aliphatic heterocycles. The standard InChI is InChI=1S/C24H25N3O2S2/c1-5-8-29-20-11-25-18(10-19(20)28)12-30-23-22-21(16(4)31-24(22)27-13-26-23)17-7-6-14(2)15(3)9-17/h6-7,9-11,13H,5,8,12H2,1-4H3,(H,25,28). The fraction of sp³-hybridized carbons (Fsp3) is 0.292. The number of nitrogens with one attached hydrogen (secondary N) is 1. The maximum Gasteiger partial charge on any atom is 0.223 e. The first-order chi connectivity index (χ1) is 15.0. The van der Waals surface area contributed by atoms with E-state index in [0.29, 0.717) is 18.1 Å². The zero-order chi connectivity index (χ0) is 22.0. The molecule has 0 spiro atoms. The predicted octanol–water partition coefficient (Wildman–Crippen LogP) is 6.05. The van der Waals surface area contributed by atoms with Crippen LogP contribution in [0.15, 0.2) is 46.6 Å². The van der Waals surface area contributed by atoms with Crippen LogP contribution >= 0.6 is 23.1 Å². The van der Waals surface area contributed by atoms with Gasteiger partial charge in [-0.05, 0) is 43.9 Å². The molecule has 0 fully saturated rings. The van der Waals surface area contributed by atoms with Gasteiger partial charge in [-0.1, -0.05) is 36.9 Å². The van der Waals surface area contributed by atoms with Crippen LogP contribution in [-0.2, 0) is 5.75 Å². The number of aromatic amines is 1. The second kappa shape index (κ2) is 9.24. The minimum absolute atomic E-state index is 0.0992.